The van der Waals surface area contributed by atoms with E-state index in [2.05, 4.69) is 11.4 Å². The van der Waals surface area contributed by atoms with Crippen LogP contribution in [0.25, 0.3) is 0 Å². The van der Waals surface area contributed by atoms with Crippen LogP contribution in [0.4, 0.5) is 5.69 Å². The summed E-state index contributed by atoms with van der Waals surface area (Å²) < 4.78 is 10.7. The number of ether oxygens (including phenoxy) is 2. The Balaban J connectivity index is 2.12. The number of nitriles is 1. The molecule has 0 unspecified atom stereocenters. The van der Waals surface area contributed by atoms with Crippen LogP contribution in [0.15, 0.2) is 12.1 Å². The van der Waals surface area contributed by atoms with E-state index in [-0.39, 0.29) is 18.1 Å². The number of nitrogens with two attached hydrogens (primary N) is 1. The smallest absolute Gasteiger partial charge is 0.255 e. The van der Waals surface area contributed by atoms with Crippen LogP contribution in [0.1, 0.15) is 16.8 Å². The topological polar surface area (TPSA) is 101 Å². The van der Waals surface area contributed by atoms with Gasteiger partial charge in [0.1, 0.15) is 5.75 Å². The number of nitrogens with zero attached hydrogens (tertiary/aromatic N) is 2. The number of hydrogen-bond acceptors (Lipinski definition) is 6. The zero-order valence-electron chi connectivity index (χ0n) is 13.7. The van der Waals surface area contributed by atoms with Crippen LogP contribution < -0.4 is 15.8 Å². The number of piperidine rings is 1. The molecule has 0 aromatic heterocycles. The predicted octanol–water partition coefficient (Wildman–Crippen LogP) is 1.27. The van der Waals surface area contributed by atoms with E-state index < -0.39 is 0 Å². The minimum Gasteiger partial charge on any atom is -0.496 e. The molecule has 1 aromatic carbocycles. The summed E-state index contributed by atoms with van der Waals surface area (Å²) in [5, 5.41) is 12.1. The highest BCUT2D eigenvalue weighted by Crippen LogP contribution is 2.29. The second-order valence-corrected chi connectivity index (χ2v) is 6.02. The molecule has 7 nitrogen and oxygen atoms in total. The van der Waals surface area contributed by atoms with Gasteiger partial charge in [0.2, 0.25) is 0 Å². The first-order valence-corrected chi connectivity index (χ1v) is 7.94. The van der Waals surface area contributed by atoms with Crippen LogP contribution in [0.2, 0.25) is 5.02 Å². The Labute approximate surface area is 146 Å². The number of likely N-dealkylation sites (tertiary alicyclic amines) is 1. The molecule has 0 aliphatic carbocycles. The Bertz CT molecular complexity index is 647. The summed E-state index contributed by atoms with van der Waals surface area (Å²) in [6.45, 7) is 1.66. The number of methoxy groups -OCH3 is 2. The molecular formula is C16H21ClN4O3. The molecule has 2 rings (SSSR count). The van der Waals surface area contributed by atoms with Crippen molar-refractivity contribution < 1.29 is 14.3 Å². The van der Waals surface area contributed by atoms with Gasteiger partial charge >= 0.3 is 0 Å². The summed E-state index contributed by atoms with van der Waals surface area (Å²) in [5.41, 5.74) is 6.42. The molecule has 1 aliphatic heterocycles. The fourth-order valence-electron chi connectivity index (χ4n) is 2.79. The van der Waals surface area contributed by atoms with E-state index in [1.54, 1.807) is 7.11 Å². The highest BCUT2D eigenvalue weighted by atomic mass is 35.5. The summed E-state index contributed by atoms with van der Waals surface area (Å²) in [6.07, 6.45) is 0.503. The Kier molecular flexibility index (Phi) is 6.26. The van der Waals surface area contributed by atoms with Crippen LogP contribution in [-0.4, -0.2) is 56.8 Å². The number of amides is 1. The molecule has 24 heavy (non-hydrogen) atoms. The number of carbonyl (C=O) groups excluding carboxylic acids is 1. The van der Waals surface area contributed by atoms with Gasteiger partial charge in [-0.15, -0.1) is 0 Å². The number of nitrogens with one attached hydrogen (secondary N) is 1. The maximum Gasteiger partial charge on any atom is 0.255 e. The minimum absolute atomic E-state index is 0.154. The standard InChI is InChI=1S/C16H21ClN4O3/c1-23-14-8-12(19)11(17)7-10(14)16(22)20-13-3-5-21(6-4-18)9-15(13)24-2/h7-8,13,15H,3,5-6,9,19H2,1-2H3,(H,20,22)/t13-,15+/m0/s1. The van der Waals surface area contributed by atoms with Crippen molar-refractivity contribution in [3.8, 4) is 11.8 Å². The molecule has 2 atom stereocenters. The lowest BCUT2D eigenvalue weighted by Gasteiger charge is -2.37. The molecular weight excluding hydrogens is 332 g/mol. The molecule has 1 fully saturated rings. The lowest BCUT2D eigenvalue weighted by atomic mass is 10.0. The fourth-order valence-corrected chi connectivity index (χ4v) is 2.95. The van der Waals surface area contributed by atoms with E-state index in [1.165, 1.54) is 19.2 Å². The van der Waals surface area contributed by atoms with E-state index in [0.717, 1.165) is 6.54 Å². The molecule has 3 N–H and O–H groups in total. The minimum atomic E-state index is -0.297. The molecule has 0 radical (unpaired) electrons. The number of halogens is 1. The molecule has 1 amide bonds. The van der Waals surface area contributed by atoms with Gasteiger partial charge < -0.3 is 20.5 Å². The fraction of sp³-hybridized carbons (Fsp3) is 0.500. The molecule has 0 saturated carbocycles. The third kappa shape index (κ3) is 4.09. The van der Waals surface area contributed by atoms with Gasteiger partial charge in [-0.25, -0.2) is 0 Å². The number of carbonyl (C=O) groups is 1. The number of nitrogen functional groups attached to an aromatic ring is 1. The van der Waals surface area contributed by atoms with Crippen LogP contribution in [0, 0.1) is 11.3 Å². The van der Waals surface area contributed by atoms with Crippen molar-refractivity contribution in [2.24, 2.45) is 0 Å². The summed E-state index contributed by atoms with van der Waals surface area (Å²) in [6, 6.07) is 5.00. The van der Waals surface area contributed by atoms with Crippen LogP contribution in [-0.2, 0) is 4.74 Å². The lowest BCUT2D eigenvalue weighted by Crippen LogP contribution is -2.54. The van der Waals surface area contributed by atoms with Gasteiger partial charge in [0, 0.05) is 26.3 Å². The number of rotatable bonds is 5. The number of hydrogen-bond donors (Lipinski definition) is 2. The third-order valence-electron chi connectivity index (χ3n) is 4.12. The number of benzene rings is 1. The molecule has 1 aliphatic rings. The van der Waals surface area contributed by atoms with Gasteiger partial charge in [0.05, 0.1) is 48.1 Å². The second kappa shape index (κ2) is 8.20. The maximum absolute atomic E-state index is 12.6. The largest absolute Gasteiger partial charge is 0.496 e. The first-order valence-electron chi connectivity index (χ1n) is 7.56. The Morgan fingerprint density at radius 3 is 2.92 bits per heavy atom. The van der Waals surface area contributed by atoms with Gasteiger partial charge in [0.15, 0.2) is 0 Å². The monoisotopic (exact) mass is 352 g/mol. The first kappa shape index (κ1) is 18.3. The zero-order valence-corrected chi connectivity index (χ0v) is 14.5. The van der Waals surface area contributed by atoms with Gasteiger partial charge in [-0.2, -0.15) is 5.26 Å². The van der Waals surface area contributed by atoms with E-state index in [4.69, 9.17) is 32.1 Å². The Hall–Kier alpha value is -2.01. The van der Waals surface area contributed by atoms with Crippen molar-refractivity contribution in [1.82, 2.24) is 10.2 Å². The molecule has 0 bridgehead atoms. The van der Waals surface area contributed by atoms with E-state index in [9.17, 15) is 4.79 Å². The van der Waals surface area contributed by atoms with Crippen molar-refractivity contribution in [1.29, 1.82) is 5.26 Å². The Morgan fingerprint density at radius 2 is 2.29 bits per heavy atom. The van der Waals surface area contributed by atoms with E-state index >= 15 is 0 Å². The zero-order chi connectivity index (χ0) is 17.7. The van der Waals surface area contributed by atoms with Crippen molar-refractivity contribution in [2.45, 2.75) is 18.6 Å². The molecule has 1 aromatic rings. The highest BCUT2D eigenvalue weighted by Gasteiger charge is 2.31. The molecule has 1 heterocycles. The maximum atomic E-state index is 12.6. The van der Waals surface area contributed by atoms with Crippen molar-refractivity contribution >= 4 is 23.2 Å². The summed E-state index contributed by atoms with van der Waals surface area (Å²) in [7, 11) is 3.07. The van der Waals surface area contributed by atoms with Gasteiger partial charge in [0.25, 0.3) is 5.91 Å². The summed E-state index contributed by atoms with van der Waals surface area (Å²) >= 11 is 6.02. The average molecular weight is 353 g/mol. The average Bonchev–Trinajstić information content (AvgIpc) is 2.58. The van der Waals surface area contributed by atoms with Gasteiger partial charge in [-0.3, -0.25) is 9.69 Å². The van der Waals surface area contributed by atoms with Crippen LogP contribution >= 0.6 is 11.6 Å². The predicted molar refractivity (Wildman–Crippen MR) is 91.1 cm³/mol. The van der Waals surface area contributed by atoms with Crippen molar-refractivity contribution in [3.63, 3.8) is 0 Å². The van der Waals surface area contributed by atoms with E-state index in [0.29, 0.717) is 41.5 Å². The highest BCUT2D eigenvalue weighted by molar-refractivity contribution is 6.33. The van der Waals surface area contributed by atoms with Gasteiger partial charge in [-0.05, 0) is 12.5 Å². The van der Waals surface area contributed by atoms with Crippen molar-refractivity contribution in [2.75, 3.05) is 39.6 Å². The summed E-state index contributed by atoms with van der Waals surface area (Å²) in [5.74, 6) is 0.0693. The second-order valence-electron chi connectivity index (χ2n) is 5.61. The Morgan fingerprint density at radius 1 is 1.54 bits per heavy atom. The van der Waals surface area contributed by atoms with Crippen LogP contribution in [0.5, 0.6) is 5.75 Å². The molecule has 8 heteroatoms. The molecule has 130 valence electrons. The third-order valence-corrected chi connectivity index (χ3v) is 4.45. The normalized spacial score (nSPS) is 21.1. The molecule has 1 saturated heterocycles. The number of anilines is 1. The first-order chi connectivity index (χ1) is 11.5. The van der Waals surface area contributed by atoms with E-state index in [1.807, 2.05) is 4.90 Å². The quantitative estimate of drug-likeness (QED) is 0.611. The van der Waals surface area contributed by atoms with Gasteiger partial charge in [-0.1, -0.05) is 11.6 Å². The van der Waals surface area contributed by atoms with Crippen molar-refractivity contribution in [3.05, 3.63) is 22.7 Å². The van der Waals surface area contributed by atoms with Crippen LogP contribution in [0.3, 0.4) is 0 Å². The molecule has 0 spiro atoms. The summed E-state index contributed by atoms with van der Waals surface area (Å²) in [4.78, 5) is 14.6. The SMILES string of the molecule is COc1cc(N)c(Cl)cc1C(=O)N[C@H]1CCN(CC#N)C[C@H]1OC. The lowest BCUT2D eigenvalue weighted by molar-refractivity contribution is 0.0103.